The summed E-state index contributed by atoms with van der Waals surface area (Å²) in [4.78, 5) is 0. The first-order valence-electron chi connectivity index (χ1n) is 3.19. The lowest BCUT2D eigenvalue weighted by Crippen LogP contribution is -2.21. The van der Waals surface area contributed by atoms with Crippen LogP contribution in [0.2, 0.25) is 0 Å². The van der Waals surface area contributed by atoms with E-state index in [9.17, 15) is 0 Å². The van der Waals surface area contributed by atoms with E-state index in [4.69, 9.17) is 11.5 Å². The zero-order valence-electron chi connectivity index (χ0n) is 5.99. The lowest BCUT2D eigenvalue weighted by Gasteiger charge is -2.02. The molecule has 1 unspecified atom stereocenters. The summed E-state index contributed by atoms with van der Waals surface area (Å²) < 4.78 is 1.71. The summed E-state index contributed by atoms with van der Waals surface area (Å²) in [6, 6.07) is 1.75. The summed E-state index contributed by atoms with van der Waals surface area (Å²) in [5.41, 5.74) is 11.8. The third-order valence-corrected chi connectivity index (χ3v) is 1.37. The Morgan fingerprint density at radius 1 is 1.80 bits per heavy atom. The molecule has 4 N–H and O–H groups in total. The van der Waals surface area contributed by atoms with Gasteiger partial charge in [0.2, 0.25) is 0 Å². The van der Waals surface area contributed by atoms with E-state index in [1.165, 1.54) is 0 Å². The number of hydrogen-bond donors (Lipinski definition) is 2. The van der Waals surface area contributed by atoms with Gasteiger partial charge in [0.15, 0.2) is 0 Å². The second kappa shape index (κ2) is 2.81. The van der Waals surface area contributed by atoms with Crippen LogP contribution in [0.4, 0.5) is 0 Å². The van der Waals surface area contributed by atoms with Gasteiger partial charge in [0.25, 0.3) is 0 Å². The Kier molecular flexibility index (Phi) is 2.03. The summed E-state index contributed by atoms with van der Waals surface area (Å²) in [6.45, 7) is 0.441. The van der Waals surface area contributed by atoms with Crippen LogP contribution in [-0.2, 0) is 7.05 Å². The van der Waals surface area contributed by atoms with Crippen LogP contribution in [0.5, 0.6) is 0 Å². The van der Waals surface area contributed by atoms with Crippen LogP contribution in [0.1, 0.15) is 11.7 Å². The fraction of sp³-hybridized carbons (Fsp3) is 0.500. The Bertz CT molecular complexity index is 205. The van der Waals surface area contributed by atoms with Gasteiger partial charge in [-0.25, -0.2) is 0 Å². The predicted octanol–water partition coefficient (Wildman–Crippen LogP) is -0.621. The molecular weight excluding hydrogens is 128 g/mol. The third kappa shape index (κ3) is 1.34. The minimum Gasteiger partial charge on any atom is -0.329 e. The molecule has 0 saturated heterocycles. The van der Waals surface area contributed by atoms with Gasteiger partial charge in [-0.2, -0.15) is 5.10 Å². The number of nitrogens with two attached hydrogens (primary N) is 2. The Labute approximate surface area is 59.8 Å². The number of nitrogens with zero attached hydrogens (tertiary/aromatic N) is 2. The first-order chi connectivity index (χ1) is 4.74. The van der Waals surface area contributed by atoms with E-state index in [1.54, 1.807) is 4.68 Å². The van der Waals surface area contributed by atoms with Gasteiger partial charge in [0.1, 0.15) is 0 Å². The average Bonchev–Trinajstić information content (AvgIpc) is 2.34. The molecule has 1 aromatic rings. The molecule has 0 radical (unpaired) electrons. The van der Waals surface area contributed by atoms with Gasteiger partial charge in [-0.3, -0.25) is 4.68 Å². The van der Waals surface area contributed by atoms with Crippen LogP contribution >= 0.6 is 0 Å². The van der Waals surface area contributed by atoms with E-state index < -0.39 is 0 Å². The standard InChI is InChI=1S/C6H12N4/c1-10-3-2-6(9-10)5(8)4-7/h2-3,5H,4,7-8H2,1H3. The van der Waals surface area contributed by atoms with E-state index in [0.29, 0.717) is 6.54 Å². The SMILES string of the molecule is Cn1ccc(C(N)CN)n1. The highest BCUT2D eigenvalue weighted by Gasteiger charge is 2.04. The van der Waals surface area contributed by atoms with Crippen molar-refractivity contribution >= 4 is 0 Å². The first kappa shape index (κ1) is 7.24. The van der Waals surface area contributed by atoms with Crippen molar-refractivity contribution in [1.29, 1.82) is 0 Å². The van der Waals surface area contributed by atoms with Crippen LogP contribution in [0, 0.1) is 0 Å². The molecule has 4 nitrogen and oxygen atoms in total. The van der Waals surface area contributed by atoms with E-state index in [0.717, 1.165) is 5.69 Å². The molecule has 0 aliphatic carbocycles. The fourth-order valence-electron chi connectivity index (χ4n) is 0.752. The van der Waals surface area contributed by atoms with Gasteiger partial charge in [0, 0.05) is 19.8 Å². The fourth-order valence-corrected chi connectivity index (χ4v) is 0.752. The van der Waals surface area contributed by atoms with Crippen LogP contribution in [0.25, 0.3) is 0 Å². The Hall–Kier alpha value is -0.870. The number of aromatic nitrogens is 2. The summed E-state index contributed by atoms with van der Waals surface area (Å²) in [5.74, 6) is 0. The second-order valence-corrected chi connectivity index (χ2v) is 2.26. The number of aryl methyl sites for hydroxylation is 1. The smallest absolute Gasteiger partial charge is 0.0804 e. The molecule has 1 atom stereocenters. The quantitative estimate of drug-likeness (QED) is 0.575. The van der Waals surface area contributed by atoms with Crippen LogP contribution < -0.4 is 11.5 Å². The van der Waals surface area contributed by atoms with Gasteiger partial charge in [-0.1, -0.05) is 0 Å². The minimum atomic E-state index is -0.124. The van der Waals surface area contributed by atoms with Crippen molar-refractivity contribution in [2.45, 2.75) is 6.04 Å². The molecule has 0 saturated carbocycles. The van der Waals surface area contributed by atoms with E-state index >= 15 is 0 Å². The maximum Gasteiger partial charge on any atom is 0.0804 e. The Balaban J connectivity index is 2.74. The third-order valence-electron chi connectivity index (χ3n) is 1.37. The molecule has 0 aliphatic heterocycles. The van der Waals surface area contributed by atoms with Crippen molar-refractivity contribution in [3.63, 3.8) is 0 Å². The summed E-state index contributed by atoms with van der Waals surface area (Å²) in [5, 5.41) is 4.09. The van der Waals surface area contributed by atoms with Gasteiger partial charge in [-0.15, -0.1) is 0 Å². The molecule has 0 fully saturated rings. The Morgan fingerprint density at radius 2 is 2.50 bits per heavy atom. The molecule has 10 heavy (non-hydrogen) atoms. The summed E-state index contributed by atoms with van der Waals surface area (Å²) >= 11 is 0. The predicted molar refractivity (Wildman–Crippen MR) is 39.2 cm³/mol. The van der Waals surface area contributed by atoms with Crippen molar-refractivity contribution in [1.82, 2.24) is 9.78 Å². The second-order valence-electron chi connectivity index (χ2n) is 2.26. The van der Waals surface area contributed by atoms with E-state index in [-0.39, 0.29) is 6.04 Å². The van der Waals surface area contributed by atoms with Crippen LogP contribution in [-0.4, -0.2) is 16.3 Å². The number of hydrogen-bond acceptors (Lipinski definition) is 3. The molecule has 0 aromatic carbocycles. The maximum absolute atomic E-state index is 5.61. The zero-order chi connectivity index (χ0) is 7.56. The molecule has 0 aliphatic rings. The molecule has 1 aromatic heterocycles. The van der Waals surface area contributed by atoms with Gasteiger partial charge in [0.05, 0.1) is 11.7 Å². The monoisotopic (exact) mass is 140 g/mol. The summed E-state index contributed by atoms with van der Waals surface area (Å²) in [7, 11) is 1.85. The maximum atomic E-state index is 5.61. The van der Waals surface area contributed by atoms with Crippen LogP contribution in [0.15, 0.2) is 12.3 Å². The summed E-state index contributed by atoms with van der Waals surface area (Å²) in [6.07, 6.45) is 1.85. The normalized spacial score (nSPS) is 13.5. The lowest BCUT2D eigenvalue weighted by atomic mass is 10.2. The van der Waals surface area contributed by atoms with Gasteiger partial charge < -0.3 is 11.5 Å². The Morgan fingerprint density at radius 3 is 2.90 bits per heavy atom. The van der Waals surface area contributed by atoms with Gasteiger partial charge in [-0.05, 0) is 6.07 Å². The molecule has 0 spiro atoms. The lowest BCUT2D eigenvalue weighted by molar-refractivity contribution is 0.667. The first-order valence-corrected chi connectivity index (χ1v) is 3.19. The molecule has 0 amide bonds. The van der Waals surface area contributed by atoms with E-state index in [1.807, 2.05) is 19.3 Å². The van der Waals surface area contributed by atoms with Crippen molar-refractivity contribution < 1.29 is 0 Å². The number of rotatable bonds is 2. The molecular formula is C6H12N4. The molecule has 1 rings (SSSR count). The largest absolute Gasteiger partial charge is 0.329 e. The minimum absolute atomic E-state index is 0.124. The van der Waals surface area contributed by atoms with Crippen molar-refractivity contribution in [3.8, 4) is 0 Å². The topological polar surface area (TPSA) is 69.9 Å². The molecule has 1 heterocycles. The van der Waals surface area contributed by atoms with Crippen LogP contribution in [0.3, 0.4) is 0 Å². The van der Waals surface area contributed by atoms with Crippen molar-refractivity contribution in [2.24, 2.45) is 18.5 Å². The van der Waals surface area contributed by atoms with Crippen molar-refractivity contribution in [2.75, 3.05) is 6.54 Å². The zero-order valence-corrected chi connectivity index (χ0v) is 5.99. The van der Waals surface area contributed by atoms with Crippen molar-refractivity contribution in [3.05, 3.63) is 18.0 Å². The molecule has 4 heteroatoms. The highest BCUT2D eigenvalue weighted by molar-refractivity contribution is 5.04. The average molecular weight is 140 g/mol. The molecule has 0 bridgehead atoms. The van der Waals surface area contributed by atoms with E-state index in [2.05, 4.69) is 5.10 Å². The highest BCUT2D eigenvalue weighted by atomic mass is 15.3. The highest BCUT2D eigenvalue weighted by Crippen LogP contribution is 2.02. The van der Waals surface area contributed by atoms with Gasteiger partial charge >= 0.3 is 0 Å². The molecule has 56 valence electrons.